The van der Waals surface area contributed by atoms with Crippen molar-refractivity contribution in [2.45, 2.75) is 20.3 Å². The molecule has 17 heavy (non-hydrogen) atoms. The summed E-state index contributed by atoms with van der Waals surface area (Å²) < 4.78 is 0. The zero-order valence-corrected chi connectivity index (χ0v) is 10.7. The van der Waals surface area contributed by atoms with Crippen molar-refractivity contribution in [1.82, 2.24) is 15.5 Å². The van der Waals surface area contributed by atoms with Crippen LogP contribution in [0.3, 0.4) is 0 Å². The number of hydrogen-bond acceptors (Lipinski definition) is 6. The molecule has 0 saturated heterocycles. The number of aliphatic imine (C=N–C) groups is 1. The average Bonchev–Trinajstić information content (AvgIpc) is 2.87. The fourth-order valence-electron chi connectivity index (χ4n) is 1.44. The minimum absolute atomic E-state index is 0.241. The van der Waals surface area contributed by atoms with Crippen molar-refractivity contribution in [1.29, 1.82) is 0 Å². The lowest BCUT2D eigenvalue weighted by atomic mass is 10.1. The highest BCUT2D eigenvalue weighted by Crippen LogP contribution is 2.18. The maximum atomic E-state index is 11.7. The minimum atomic E-state index is -0.241. The van der Waals surface area contributed by atoms with Crippen molar-refractivity contribution in [3.63, 3.8) is 0 Å². The molecule has 0 saturated carbocycles. The highest BCUT2D eigenvalue weighted by atomic mass is 32.1. The number of anilines is 1. The molecule has 2 heterocycles. The van der Waals surface area contributed by atoms with Gasteiger partial charge in [0.2, 0.25) is 5.13 Å². The van der Waals surface area contributed by atoms with Crippen LogP contribution in [0.4, 0.5) is 5.13 Å². The zero-order valence-electron chi connectivity index (χ0n) is 9.86. The Morgan fingerprint density at radius 1 is 1.53 bits per heavy atom. The number of hydrogen-bond donors (Lipinski definition) is 2. The molecule has 1 amide bonds. The summed E-state index contributed by atoms with van der Waals surface area (Å²) in [5.74, 6) is 0.674. The van der Waals surface area contributed by atoms with Gasteiger partial charge in [-0.1, -0.05) is 25.2 Å². The number of nitrogens with one attached hydrogen (secondary N) is 2. The zero-order chi connectivity index (χ0) is 12.3. The minimum Gasteiger partial charge on any atom is -0.364 e. The van der Waals surface area contributed by atoms with Crippen molar-refractivity contribution < 1.29 is 4.79 Å². The predicted octanol–water partition coefficient (Wildman–Crippen LogP) is 0.677. The van der Waals surface area contributed by atoms with Gasteiger partial charge in [-0.05, 0) is 5.92 Å². The summed E-state index contributed by atoms with van der Waals surface area (Å²) in [6, 6.07) is 0. The Bertz CT molecular complexity index is 440. The highest BCUT2D eigenvalue weighted by molar-refractivity contribution is 7.15. The molecule has 1 aliphatic rings. The first-order chi connectivity index (χ1) is 8.15. The quantitative estimate of drug-likeness (QED) is 0.827. The summed E-state index contributed by atoms with van der Waals surface area (Å²) in [4.78, 5) is 15.7. The van der Waals surface area contributed by atoms with E-state index in [1.165, 1.54) is 11.3 Å². The number of amidine groups is 1. The van der Waals surface area contributed by atoms with Crippen LogP contribution in [0.1, 0.15) is 18.9 Å². The molecule has 0 fully saturated rings. The first-order valence-corrected chi connectivity index (χ1v) is 6.39. The van der Waals surface area contributed by atoms with E-state index in [2.05, 4.69) is 39.7 Å². The molecule has 0 aromatic carbocycles. The maximum Gasteiger partial charge on any atom is 0.292 e. The second-order valence-electron chi connectivity index (χ2n) is 4.21. The Kier molecular flexibility index (Phi) is 3.68. The van der Waals surface area contributed by atoms with Gasteiger partial charge < -0.3 is 5.32 Å². The van der Waals surface area contributed by atoms with Crippen molar-refractivity contribution in [2.75, 3.05) is 18.4 Å². The number of carbonyl (C=O) groups is 1. The van der Waals surface area contributed by atoms with Crippen LogP contribution in [0.25, 0.3) is 0 Å². The van der Waals surface area contributed by atoms with Crippen LogP contribution < -0.4 is 10.6 Å². The second-order valence-corrected chi connectivity index (χ2v) is 5.27. The SMILES string of the molecule is CC(C)Cc1nnc(NC(=O)C2=NCCN2)s1. The molecular weight excluding hydrogens is 238 g/mol. The Hall–Kier alpha value is -1.50. The molecule has 0 aliphatic carbocycles. The van der Waals surface area contributed by atoms with E-state index in [0.29, 0.717) is 23.4 Å². The Morgan fingerprint density at radius 2 is 2.35 bits per heavy atom. The van der Waals surface area contributed by atoms with Crippen molar-refractivity contribution in [3.05, 3.63) is 5.01 Å². The molecule has 6 nitrogen and oxygen atoms in total. The van der Waals surface area contributed by atoms with Crippen molar-refractivity contribution in [3.8, 4) is 0 Å². The summed E-state index contributed by atoms with van der Waals surface area (Å²) in [6.07, 6.45) is 0.882. The lowest BCUT2D eigenvalue weighted by Gasteiger charge is -2.00. The number of rotatable bonds is 4. The van der Waals surface area contributed by atoms with Gasteiger partial charge in [0.25, 0.3) is 5.91 Å². The molecule has 1 aliphatic heterocycles. The van der Waals surface area contributed by atoms with E-state index in [4.69, 9.17) is 0 Å². The third-order valence-corrected chi connectivity index (χ3v) is 3.02. The van der Waals surface area contributed by atoms with Crippen molar-refractivity contribution in [2.24, 2.45) is 10.9 Å². The summed E-state index contributed by atoms with van der Waals surface area (Å²) >= 11 is 1.41. The van der Waals surface area contributed by atoms with E-state index in [9.17, 15) is 4.79 Å². The van der Waals surface area contributed by atoms with E-state index in [1.807, 2.05) is 0 Å². The van der Waals surface area contributed by atoms with Gasteiger partial charge in [0.05, 0.1) is 6.54 Å². The van der Waals surface area contributed by atoms with Crippen LogP contribution in [-0.4, -0.2) is 35.0 Å². The van der Waals surface area contributed by atoms with Crippen LogP contribution in [0.15, 0.2) is 4.99 Å². The van der Waals surface area contributed by atoms with Crippen LogP contribution in [0.5, 0.6) is 0 Å². The maximum absolute atomic E-state index is 11.7. The Balaban J connectivity index is 1.94. The molecule has 0 radical (unpaired) electrons. The molecule has 1 aromatic heterocycles. The van der Waals surface area contributed by atoms with Crippen LogP contribution in [0, 0.1) is 5.92 Å². The summed E-state index contributed by atoms with van der Waals surface area (Å²) in [5, 5.41) is 15.0. The molecule has 0 spiro atoms. The standard InChI is InChI=1S/C10H15N5OS/c1-6(2)5-7-14-15-10(17-7)13-9(16)8-11-3-4-12-8/h6H,3-5H2,1-2H3,(H,11,12)(H,13,15,16). The summed E-state index contributed by atoms with van der Waals surface area (Å²) in [5.41, 5.74) is 0. The van der Waals surface area contributed by atoms with E-state index < -0.39 is 0 Å². The summed E-state index contributed by atoms with van der Waals surface area (Å²) in [6.45, 7) is 5.61. The van der Waals surface area contributed by atoms with Gasteiger partial charge in [-0.15, -0.1) is 10.2 Å². The molecule has 0 atom stereocenters. The molecule has 92 valence electrons. The molecule has 2 N–H and O–H groups in total. The van der Waals surface area contributed by atoms with Crippen LogP contribution in [0.2, 0.25) is 0 Å². The largest absolute Gasteiger partial charge is 0.364 e. The van der Waals surface area contributed by atoms with Gasteiger partial charge >= 0.3 is 0 Å². The van der Waals surface area contributed by atoms with Crippen LogP contribution in [-0.2, 0) is 11.2 Å². The number of nitrogens with zero attached hydrogens (tertiary/aromatic N) is 3. The molecule has 2 rings (SSSR count). The monoisotopic (exact) mass is 253 g/mol. The van der Waals surface area contributed by atoms with E-state index in [-0.39, 0.29) is 5.91 Å². The number of amides is 1. The number of carbonyl (C=O) groups excluding carboxylic acids is 1. The third-order valence-electron chi connectivity index (χ3n) is 2.16. The lowest BCUT2D eigenvalue weighted by Crippen LogP contribution is -2.32. The van der Waals surface area contributed by atoms with E-state index >= 15 is 0 Å². The topological polar surface area (TPSA) is 79.3 Å². The van der Waals surface area contributed by atoms with Gasteiger partial charge in [-0.3, -0.25) is 15.1 Å². The molecule has 7 heteroatoms. The predicted molar refractivity (Wildman–Crippen MR) is 67.4 cm³/mol. The summed E-state index contributed by atoms with van der Waals surface area (Å²) in [7, 11) is 0. The fraction of sp³-hybridized carbons (Fsp3) is 0.600. The van der Waals surface area contributed by atoms with Crippen molar-refractivity contribution >= 4 is 28.2 Å². The van der Waals surface area contributed by atoms with Gasteiger partial charge in [0, 0.05) is 13.0 Å². The van der Waals surface area contributed by atoms with E-state index in [1.54, 1.807) is 0 Å². The Morgan fingerprint density at radius 3 is 3.00 bits per heavy atom. The van der Waals surface area contributed by atoms with Crippen LogP contribution >= 0.6 is 11.3 Å². The van der Waals surface area contributed by atoms with Gasteiger partial charge in [-0.25, -0.2) is 0 Å². The molecule has 0 bridgehead atoms. The van der Waals surface area contributed by atoms with E-state index in [0.717, 1.165) is 18.0 Å². The van der Waals surface area contributed by atoms with Gasteiger partial charge in [0.15, 0.2) is 5.84 Å². The molecule has 1 aromatic rings. The first-order valence-electron chi connectivity index (χ1n) is 5.57. The first kappa shape index (κ1) is 12.0. The third kappa shape index (κ3) is 3.23. The lowest BCUT2D eigenvalue weighted by molar-refractivity contribution is -0.110. The van der Waals surface area contributed by atoms with Gasteiger partial charge in [-0.2, -0.15) is 0 Å². The van der Waals surface area contributed by atoms with Gasteiger partial charge in [0.1, 0.15) is 5.01 Å². The number of aromatic nitrogens is 2. The smallest absolute Gasteiger partial charge is 0.292 e. The highest BCUT2D eigenvalue weighted by Gasteiger charge is 2.16. The molecular formula is C10H15N5OS. The molecule has 0 unspecified atom stereocenters. The normalized spacial score (nSPS) is 14.6. The Labute approximate surface area is 104 Å². The fourth-order valence-corrected chi connectivity index (χ4v) is 2.39. The second kappa shape index (κ2) is 5.22. The average molecular weight is 253 g/mol.